The molecule has 1 nitrogen and oxygen atoms in total. The molecule has 3 rings (SSSR count). The summed E-state index contributed by atoms with van der Waals surface area (Å²) < 4.78 is 2.30. The summed E-state index contributed by atoms with van der Waals surface area (Å²) in [6, 6.07) is 16.7. The van der Waals surface area contributed by atoms with Gasteiger partial charge in [0, 0.05) is 11.6 Å². The highest BCUT2D eigenvalue weighted by Gasteiger charge is 2.44. The third-order valence-corrected chi connectivity index (χ3v) is 14.9. The summed E-state index contributed by atoms with van der Waals surface area (Å²) in [6.07, 6.45) is 2.24. The average molecular weight is 447 g/mol. The number of pyridine rings is 1. The molecular formula is C30H44NSi+. The molecule has 0 aliphatic carbocycles. The van der Waals surface area contributed by atoms with Gasteiger partial charge < -0.3 is 0 Å². The quantitative estimate of drug-likeness (QED) is 0.278. The molecule has 2 aromatic carbocycles. The second-order valence-electron chi connectivity index (χ2n) is 11.8. The van der Waals surface area contributed by atoms with E-state index in [4.69, 9.17) is 0 Å². The number of benzene rings is 2. The Kier molecular flexibility index (Phi) is 6.78. The zero-order chi connectivity index (χ0) is 24.0. The van der Waals surface area contributed by atoms with E-state index in [9.17, 15) is 0 Å². The van der Waals surface area contributed by atoms with Crippen LogP contribution in [0.1, 0.15) is 73.4 Å². The van der Waals surface area contributed by atoms with Crippen LogP contribution < -0.4 is 9.75 Å². The van der Waals surface area contributed by atoms with Crippen LogP contribution in [0.4, 0.5) is 0 Å². The fourth-order valence-electron chi connectivity index (χ4n) is 6.32. The Balaban J connectivity index is 2.31. The summed E-state index contributed by atoms with van der Waals surface area (Å²) in [5, 5.41) is 4.34. The molecule has 0 aliphatic rings. The molecule has 0 spiro atoms. The maximum atomic E-state index is 2.54. The number of nitrogens with zero attached hydrogens (tertiary/aromatic N) is 1. The molecule has 0 saturated carbocycles. The molecule has 0 bridgehead atoms. The predicted molar refractivity (Wildman–Crippen MR) is 145 cm³/mol. The second kappa shape index (κ2) is 8.78. The third-order valence-electron chi connectivity index (χ3n) is 7.86. The molecule has 0 N–H and O–H groups in total. The molecule has 0 fully saturated rings. The molecule has 2 heteroatoms. The van der Waals surface area contributed by atoms with Crippen LogP contribution in [0, 0.1) is 6.92 Å². The SMILES string of the molecule is Cc1ccc(C(C)(C)C)cc1-c1c2ccc([Si](C(C)C)(C(C)C)C(C)C)cc2cc[n+]1C. The smallest absolute Gasteiger partial charge is 0.200 e. The lowest BCUT2D eigenvalue weighted by Crippen LogP contribution is -2.55. The normalized spacial score (nSPS) is 13.1. The summed E-state index contributed by atoms with van der Waals surface area (Å²) in [4.78, 5) is 0. The first kappa shape index (κ1) is 24.7. The molecule has 1 aromatic heterocycles. The van der Waals surface area contributed by atoms with Crippen LogP contribution in [0.25, 0.3) is 22.0 Å². The third kappa shape index (κ3) is 4.07. The van der Waals surface area contributed by atoms with Gasteiger partial charge in [-0.25, -0.2) is 4.57 Å². The Labute approximate surface area is 197 Å². The van der Waals surface area contributed by atoms with Crippen molar-refractivity contribution < 1.29 is 4.57 Å². The molecule has 172 valence electrons. The van der Waals surface area contributed by atoms with Gasteiger partial charge in [0.1, 0.15) is 7.05 Å². The van der Waals surface area contributed by atoms with Crippen molar-refractivity contribution in [1.82, 2.24) is 0 Å². The van der Waals surface area contributed by atoms with Crippen molar-refractivity contribution in [1.29, 1.82) is 0 Å². The number of hydrogen-bond donors (Lipinski definition) is 0. The molecule has 0 amide bonds. The van der Waals surface area contributed by atoms with Gasteiger partial charge in [0.15, 0.2) is 6.20 Å². The van der Waals surface area contributed by atoms with Crippen molar-refractivity contribution in [3.63, 3.8) is 0 Å². The monoisotopic (exact) mass is 446 g/mol. The Morgan fingerprint density at radius 3 is 1.91 bits per heavy atom. The van der Waals surface area contributed by atoms with Gasteiger partial charge in [0.05, 0.1) is 13.5 Å². The van der Waals surface area contributed by atoms with Gasteiger partial charge >= 0.3 is 0 Å². The fraction of sp³-hybridized carbons (Fsp3) is 0.500. The maximum Gasteiger partial charge on any atom is 0.220 e. The standard InChI is InChI=1S/C30H44NSi/c1-20(2)32(21(3)4,22(5)6)26-14-15-27-24(18-26)16-17-31(11)29(27)28-19-25(30(8,9)10)13-12-23(28)7/h12-22H,1-11H3/q+1. The zero-order valence-electron chi connectivity index (χ0n) is 22.3. The van der Waals surface area contributed by atoms with Crippen molar-refractivity contribution in [2.24, 2.45) is 7.05 Å². The van der Waals surface area contributed by atoms with E-state index in [1.807, 2.05) is 0 Å². The van der Waals surface area contributed by atoms with E-state index in [0.29, 0.717) is 16.6 Å². The highest BCUT2D eigenvalue weighted by atomic mass is 28.3. The Morgan fingerprint density at radius 2 is 1.38 bits per heavy atom. The van der Waals surface area contributed by atoms with Gasteiger partial charge in [0.25, 0.3) is 0 Å². The molecule has 1 heterocycles. The summed E-state index contributed by atoms with van der Waals surface area (Å²) in [5.41, 5.74) is 7.66. The Hall–Kier alpha value is -1.93. The van der Waals surface area contributed by atoms with Crippen molar-refractivity contribution in [2.75, 3.05) is 0 Å². The summed E-state index contributed by atoms with van der Waals surface area (Å²) in [5.74, 6) is 0. The fourth-order valence-corrected chi connectivity index (χ4v) is 13.1. The van der Waals surface area contributed by atoms with Gasteiger partial charge in [-0.05, 0) is 57.6 Å². The van der Waals surface area contributed by atoms with E-state index in [1.165, 1.54) is 33.2 Å². The summed E-state index contributed by atoms with van der Waals surface area (Å²) >= 11 is 0. The van der Waals surface area contributed by atoms with E-state index >= 15 is 0 Å². The predicted octanol–water partition coefficient (Wildman–Crippen LogP) is 7.82. The first-order valence-corrected chi connectivity index (χ1v) is 14.6. The van der Waals surface area contributed by atoms with E-state index in [-0.39, 0.29) is 5.41 Å². The van der Waals surface area contributed by atoms with Crippen LogP contribution in [0.3, 0.4) is 0 Å². The van der Waals surface area contributed by atoms with Crippen LogP contribution >= 0.6 is 0 Å². The average Bonchev–Trinajstić information content (AvgIpc) is 2.67. The lowest BCUT2D eigenvalue weighted by Gasteiger charge is -2.43. The van der Waals surface area contributed by atoms with Crippen molar-refractivity contribution in [3.05, 3.63) is 59.8 Å². The summed E-state index contributed by atoms with van der Waals surface area (Å²) in [7, 11) is 0.499. The molecule has 32 heavy (non-hydrogen) atoms. The van der Waals surface area contributed by atoms with E-state index in [2.05, 4.69) is 130 Å². The number of fused-ring (bicyclic) bond motifs is 1. The highest BCUT2D eigenvalue weighted by molar-refractivity contribution is 6.95. The van der Waals surface area contributed by atoms with Gasteiger partial charge in [0.2, 0.25) is 5.69 Å². The topological polar surface area (TPSA) is 3.88 Å². The molecule has 0 radical (unpaired) electrons. The van der Waals surface area contributed by atoms with E-state index in [0.717, 1.165) is 0 Å². The zero-order valence-corrected chi connectivity index (χ0v) is 23.3. The molecule has 0 saturated heterocycles. The number of hydrogen-bond acceptors (Lipinski definition) is 0. The van der Waals surface area contributed by atoms with Gasteiger partial charge in [-0.1, -0.05) is 91.8 Å². The van der Waals surface area contributed by atoms with Crippen LogP contribution in [0.2, 0.25) is 16.6 Å². The molecular weight excluding hydrogens is 402 g/mol. The van der Waals surface area contributed by atoms with Crippen LogP contribution in [0.5, 0.6) is 0 Å². The van der Waals surface area contributed by atoms with Crippen LogP contribution in [-0.2, 0) is 12.5 Å². The van der Waals surface area contributed by atoms with Gasteiger partial charge in [-0.15, -0.1) is 0 Å². The van der Waals surface area contributed by atoms with E-state index < -0.39 is 8.07 Å². The minimum absolute atomic E-state index is 0.135. The summed E-state index contributed by atoms with van der Waals surface area (Å²) in [6.45, 7) is 23.8. The minimum atomic E-state index is -1.68. The van der Waals surface area contributed by atoms with Crippen molar-refractivity contribution >= 4 is 24.0 Å². The first-order valence-electron chi connectivity index (χ1n) is 12.4. The number of aryl methyl sites for hydroxylation is 2. The van der Waals surface area contributed by atoms with Crippen molar-refractivity contribution in [2.45, 2.75) is 91.3 Å². The molecule has 0 atom stereocenters. The first-order chi connectivity index (χ1) is 14.8. The maximum absolute atomic E-state index is 2.54. The van der Waals surface area contributed by atoms with Gasteiger partial charge in [-0.2, -0.15) is 0 Å². The molecule has 3 aromatic rings. The number of aromatic nitrogens is 1. The lowest BCUT2D eigenvalue weighted by atomic mass is 9.84. The minimum Gasteiger partial charge on any atom is -0.200 e. The van der Waals surface area contributed by atoms with Crippen LogP contribution in [-0.4, -0.2) is 8.07 Å². The number of rotatable bonds is 5. The molecule has 0 aliphatic heterocycles. The highest BCUT2D eigenvalue weighted by Crippen LogP contribution is 2.41. The van der Waals surface area contributed by atoms with Crippen LogP contribution in [0.15, 0.2) is 48.7 Å². The Morgan fingerprint density at radius 1 is 0.781 bits per heavy atom. The second-order valence-corrected chi connectivity index (χ2v) is 17.7. The lowest BCUT2D eigenvalue weighted by molar-refractivity contribution is -0.659. The Bertz CT molecular complexity index is 1090. The van der Waals surface area contributed by atoms with E-state index in [1.54, 1.807) is 5.19 Å². The largest absolute Gasteiger partial charge is 0.220 e. The van der Waals surface area contributed by atoms with Crippen molar-refractivity contribution in [3.8, 4) is 11.3 Å². The molecule has 0 unspecified atom stereocenters. The van der Waals surface area contributed by atoms with Gasteiger partial charge in [-0.3, -0.25) is 0 Å².